The normalized spacial score (nSPS) is 12.0. The average molecular weight is 469 g/mol. The molecule has 7 nitrogen and oxygen atoms in total. The van der Waals surface area contributed by atoms with Gasteiger partial charge in [0.05, 0.1) is 12.0 Å². The van der Waals surface area contributed by atoms with Crippen molar-refractivity contribution in [3.63, 3.8) is 0 Å². The number of anilines is 2. The van der Waals surface area contributed by atoms with Crippen LogP contribution in [-0.4, -0.2) is 28.0 Å². The van der Waals surface area contributed by atoms with Crippen LogP contribution in [0.25, 0.3) is 0 Å². The first-order valence-corrected chi connectivity index (χ1v) is 12.1. The van der Waals surface area contributed by atoms with Gasteiger partial charge in [0.1, 0.15) is 11.5 Å². The maximum atomic E-state index is 12.6. The highest BCUT2D eigenvalue weighted by molar-refractivity contribution is 7.92. The number of amides is 1. The van der Waals surface area contributed by atoms with E-state index in [0.717, 1.165) is 12.0 Å². The van der Waals surface area contributed by atoms with Crippen LogP contribution in [0, 0.1) is 0 Å². The molecule has 0 bridgehead atoms. The highest BCUT2D eigenvalue weighted by Gasteiger charge is 2.15. The molecule has 0 saturated heterocycles. The van der Waals surface area contributed by atoms with Crippen molar-refractivity contribution >= 4 is 27.3 Å². The summed E-state index contributed by atoms with van der Waals surface area (Å²) in [6.45, 7) is 4.07. The number of para-hydroxylation sites is 1. The molecule has 2 N–H and O–H groups in total. The van der Waals surface area contributed by atoms with E-state index in [1.54, 1.807) is 24.3 Å². The summed E-state index contributed by atoms with van der Waals surface area (Å²) in [6, 6.07) is 20.2. The minimum absolute atomic E-state index is 0.0787. The van der Waals surface area contributed by atoms with Crippen molar-refractivity contribution in [3.05, 3.63) is 78.4 Å². The van der Waals surface area contributed by atoms with E-state index in [0.29, 0.717) is 28.8 Å². The number of methoxy groups -OCH3 is 1. The number of carbonyl (C=O) groups excluding carboxylic acids is 1. The molecule has 0 aliphatic heterocycles. The van der Waals surface area contributed by atoms with Crippen LogP contribution in [0.15, 0.2) is 77.7 Å². The number of benzene rings is 3. The Kier molecular flexibility index (Phi) is 7.95. The molecule has 0 saturated carbocycles. The van der Waals surface area contributed by atoms with Crippen LogP contribution in [0.2, 0.25) is 0 Å². The number of ether oxygens (including phenoxy) is 2. The van der Waals surface area contributed by atoms with Gasteiger partial charge in [0.2, 0.25) is 0 Å². The highest BCUT2D eigenvalue weighted by atomic mass is 32.2. The molecule has 0 heterocycles. The maximum absolute atomic E-state index is 12.6. The van der Waals surface area contributed by atoms with E-state index in [9.17, 15) is 13.2 Å². The first kappa shape index (κ1) is 24.1. The first-order chi connectivity index (χ1) is 15.8. The highest BCUT2D eigenvalue weighted by Crippen LogP contribution is 2.28. The van der Waals surface area contributed by atoms with Crippen molar-refractivity contribution in [1.82, 2.24) is 0 Å². The Balaban J connectivity index is 1.59. The van der Waals surface area contributed by atoms with Gasteiger partial charge in [-0.3, -0.25) is 9.52 Å². The molecule has 1 atom stereocenters. The van der Waals surface area contributed by atoms with Gasteiger partial charge in [0.25, 0.3) is 15.9 Å². The zero-order chi connectivity index (χ0) is 23.8. The maximum Gasteiger partial charge on any atom is 0.262 e. The fourth-order valence-corrected chi connectivity index (χ4v) is 4.23. The second-order valence-electron chi connectivity index (χ2n) is 7.54. The molecular formula is C25H28N2O5S. The van der Waals surface area contributed by atoms with Crippen LogP contribution in [0.3, 0.4) is 0 Å². The number of sulfonamides is 1. The third-order valence-corrected chi connectivity index (χ3v) is 6.61. The van der Waals surface area contributed by atoms with Gasteiger partial charge < -0.3 is 14.8 Å². The molecule has 0 aliphatic rings. The number of carbonyl (C=O) groups is 1. The van der Waals surface area contributed by atoms with Gasteiger partial charge in [0.15, 0.2) is 6.61 Å². The predicted molar refractivity (Wildman–Crippen MR) is 130 cm³/mol. The molecule has 0 spiro atoms. The van der Waals surface area contributed by atoms with E-state index in [-0.39, 0.29) is 17.4 Å². The quantitative estimate of drug-likeness (QED) is 0.435. The molecule has 174 valence electrons. The van der Waals surface area contributed by atoms with Gasteiger partial charge in [-0.25, -0.2) is 8.42 Å². The molecule has 0 fully saturated rings. The Bertz CT molecular complexity index is 1180. The summed E-state index contributed by atoms with van der Waals surface area (Å²) < 4.78 is 38.5. The van der Waals surface area contributed by atoms with Gasteiger partial charge in [-0.05, 0) is 72.5 Å². The van der Waals surface area contributed by atoms with E-state index in [1.165, 1.54) is 31.4 Å². The lowest BCUT2D eigenvalue weighted by Crippen LogP contribution is -2.20. The summed E-state index contributed by atoms with van der Waals surface area (Å²) in [6.07, 6.45) is 0.967. The lowest BCUT2D eigenvalue weighted by Gasteiger charge is -2.15. The summed E-state index contributed by atoms with van der Waals surface area (Å²) in [7, 11) is -2.23. The molecule has 0 aromatic heterocycles. The monoisotopic (exact) mass is 468 g/mol. The molecule has 1 unspecified atom stereocenters. The van der Waals surface area contributed by atoms with Gasteiger partial charge >= 0.3 is 0 Å². The molecule has 8 heteroatoms. The van der Waals surface area contributed by atoms with Crippen molar-refractivity contribution in [2.24, 2.45) is 0 Å². The third-order valence-electron chi connectivity index (χ3n) is 5.21. The molecular weight excluding hydrogens is 440 g/mol. The molecule has 33 heavy (non-hydrogen) atoms. The zero-order valence-electron chi connectivity index (χ0n) is 18.9. The minimum atomic E-state index is -3.77. The minimum Gasteiger partial charge on any atom is -0.497 e. The van der Waals surface area contributed by atoms with Crippen LogP contribution in [0.1, 0.15) is 31.7 Å². The predicted octanol–water partition coefficient (Wildman–Crippen LogP) is 5.03. The van der Waals surface area contributed by atoms with E-state index >= 15 is 0 Å². The Morgan fingerprint density at radius 2 is 1.58 bits per heavy atom. The fraction of sp³-hybridized carbons (Fsp3) is 0.240. The van der Waals surface area contributed by atoms with E-state index in [4.69, 9.17) is 9.47 Å². The number of hydrogen-bond donors (Lipinski definition) is 2. The Hall–Kier alpha value is -3.52. The van der Waals surface area contributed by atoms with E-state index in [1.807, 2.05) is 24.3 Å². The van der Waals surface area contributed by atoms with Crippen molar-refractivity contribution < 1.29 is 22.7 Å². The second-order valence-corrected chi connectivity index (χ2v) is 9.22. The molecule has 0 radical (unpaired) electrons. The van der Waals surface area contributed by atoms with Gasteiger partial charge in [-0.15, -0.1) is 0 Å². The van der Waals surface area contributed by atoms with Crippen LogP contribution in [-0.2, 0) is 14.8 Å². The third kappa shape index (κ3) is 6.49. The van der Waals surface area contributed by atoms with Gasteiger partial charge in [-0.1, -0.05) is 32.0 Å². The topological polar surface area (TPSA) is 93.7 Å². The van der Waals surface area contributed by atoms with Crippen LogP contribution in [0.4, 0.5) is 11.4 Å². The van der Waals surface area contributed by atoms with Crippen LogP contribution in [0.5, 0.6) is 11.5 Å². The first-order valence-electron chi connectivity index (χ1n) is 10.6. The Morgan fingerprint density at radius 3 is 2.21 bits per heavy atom. The Morgan fingerprint density at radius 1 is 0.939 bits per heavy atom. The van der Waals surface area contributed by atoms with Crippen molar-refractivity contribution in [3.8, 4) is 11.5 Å². The van der Waals surface area contributed by atoms with Crippen LogP contribution >= 0.6 is 0 Å². The van der Waals surface area contributed by atoms with E-state index < -0.39 is 10.0 Å². The molecule has 0 aliphatic carbocycles. The summed E-state index contributed by atoms with van der Waals surface area (Å²) >= 11 is 0. The van der Waals surface area contributed by atoms with Crippen LogP contribution < -0.4 is 19.5 Å². The van der Waals surface area contributed by atoms with Crippen molar-refractivity contribution in [1.29, 1.82) is 0 Å². The van der Waals surface area contributed by atoms with E-state index in [2.05, 4.69) is 23.9 Å². The van der Waals surface area contributed by atoms with Crippen molar-refractivity contribution in [2.45, 2.75) is 31.1 Å². The lowest BCUT2D eigenvalue weighted by atomic mass is 9.98. The van der Waals surface area contributed by atoms with Gasteiger partial charge in [0, 0.05) is 11.4 Å². The summed E-state index contributed by atoms with van der Waals surface area (Å²) in [4.78, 5) is 12.4. The summed E-state index contributed by atoms with van der Waals surface area (Å²) in [5.74, 6) is 1.31. The standard InChI is InChI=1S/C25H28N2O5S/c1-4-18(2)23-7-5-6-8-24(23)32-17-25(28)26-19-11-15-22(16-12-19)33(29,30)27-20-9-13-21(31-3)14-10-20/h5-16,18,27H,4,17H2,1-3H3,(H,26,28). The lowest BCUT2D eigenvalue weighted by molar-refractivity contribution is -0.118. The van der Waals surface area contributed by atoms with Crippen molar-refractivity contribution in [2.75, 3.05) is 23.8 Å². The zero-order valence-corrected chi connectivity index (χ0v) is 19.7. The Labute approximate surface area is 194 Å². The SMILES string of the molecule is CCC(C)c1ccccc1OCC(=O)Nc1ccc(S(=O)(=O)Nc2ccc(OC)cc2)cc1. The summed E-state index contributed by atoms with van der Waals surface area (Å²) in [5.41, 5.74) is 1.96. The largest absolute Gasteiger partial charge is 0.497 e. The number of nitrogens with one attached hydrogen (secondary N) is 2. The van der Waals surface area contributed by atoms with Gasteiger partial charge in [-0.2, -0.15) is 0 Å². The second kappa shape index (κ2) is 10.9. The fourth-order valence-electron chi connectivity index (χ4n) is 3.17. The smallest absolute Gasteiger partial charge is 0.262 e. The summed E-state index contributed by atoms with van der Waals surface area (Å²) in [5, 5.41) is 2.72. The number of rotatable bonds is 10. The molecule has 1 amide bonds. The average Bonchev–Trinajstić information content (AvgIpc) is 2.83. The molecule has 3 rings (SSSR count). The molecule has 3 aromatic carbocycles. The number of hydrogen-bond acceptors (Lipinski definition) is 5. The molecule has 3 aromatic rings.